The van der Waals surface area contributed by atoms with E-state index in [0.29, 0.717) is 18.7 Å². The van der Waals surface area contributed by atoms with E-state index in [0.717, 1.165) is 41.3 Å². The highest BCUT2D eigenvalue weighted by atomic mass is 32.2. The molecule has 2 heterocycles. The summed E-state index contributed by atoms with van der Waals surface area (Å²) in [4.78, 5) is 32.0. The van der Waals surface area contributed by atoms with Crippen molar-refractivity contribution in [1.29, 1.82) is 0 Å². The lowest BCUT2D eigenvalue weighted by Gasteiger charge is -2.38. The lowest BCUT2D eigenvalue weighted by Crippen LogP contribution is -2.43. The van der Waals surface area contributed by atoms with Gasteiger partial charge >= 0.3 is 0 Å². The summed E-state index contributed by atoms with van der Waals surface area (Å²) in [5, 5.41) is 1.15. The van der Waals surface area contributed by atoms with Crippen LogP contribution in [-0.4, -0.2) is 39.1 Å². The summed E-state index contributed by atoms with van der Waals surface area (Å²) in [5.41, 5.74) is 3.40. The molecule has 3 aromatic rings. The molecule has 6 heteroatoms. The summed E-state index contributed by atoms with van der Waals surface area (Å²) in [6, 6.07) is 16.1. The molecule has 0 N–H and O–H groups in total. The molecule has 1 saturated carbocycles. The van der Waals surface area contributed by atoms with Crippen LogP contribution in [0.4, 0.5) is 4.39 Å². The standard InChI is InChI=1S/C28H27FN2O2S/c1-18(32)34-26-12-13-31(27(28(33)20-10-11-20)23-7-3-4-8-24(23)29)17-22(26)15-19-14-21-6-2-5-9-25(21)30-16-19/h2-9,14-16,20,26-27H,10-13,17H2,1H3. The van der Waals surface area contributed by atoms with Crippen LogP contribution in [0.15, 0.2) is 66.4 Å². The average Bonchev–Trinajstić information content (AvgIpc) is 3.67. The lowest BCUT2D eigenvalue weighted by atomic mass is 9.93. The average molecular weight is 475 g/mol. The molecule has 1 saturated heterocycles. The zero-order valence-electron chi connectivity index (χ0n) is 19.1. The van der Waals surface area contributed by atoms with Crippen molar-refractivity contribution in [2.24, 2.45) is 5.92 Å². The van der Waals surface area contributed by atoms with Gasteiger partial charge in [0.15, 0.2) is 10.9 Å². The van der Waals surface area contributed by atoms with Gasteiger partial charge in [-0.2, -0.15) is 0 Å². The third-order valence-corrected chi connectivity index (χ3v) is 7.72. The molecule has 2 atom stereocenters. The molecule has 0 radical (unpaired) electrons. The van der Waals surface area contributed by atoms with Crippen LogP contribution in [0.2, 0.25) is 0 Å². The number of halogens is 1. The number of likely N-dealkylation sites (tertiary alicyclic amines) is 1. The Hall–Kier alpha value is -2.83. The molecule has 4 nitrogen and oxygen atoms in total. The fraction of sp³-hybridized carbons (Fsp3) is 0.321. The van der Waals surface area contributed by atoms with Gasteiger partial charge in [0.1, 0.15) is 5.82 Å². The Labute approximate surface area is 203 Å². The fourth-order valence-electron chi connectivity index (χ4n) is 4.78. The van der Waals surface area contributed by atoms with Gasteiger partial charge in [0.05, 0.1) is 11.6 Å². The number of carbonyl (C=O) groups excluding carboxylic acids is 2. The van der Waals surface area contributed by atoms with E-state index in [1.165, 1.54) is 17.8 Å². The van der Waals surface area contributed by atoms with Crippen molar-refractivity contribution in [2.45, 2.75) is 37.5 Å². The number of hydrogen-bond donors (Lipinski definition) is 0. The molecule has 2 fully saturated rings. The van der Waals surface area contributed by atoms with E-state index in [4.69, 9.17) is 0 Å². The molecule has 0 spiro atoms. The highest BCUT2D eigenvalue weighted by Crippen LogP contribution is 2.40. The first-order valence-corrected chi connectivity index (χ1v) is 12.6. The molecule has 2 aliphatic rings. The Bertz CT molecular complexity index is 1270. The quantitative estimate of drug-likeness (QED) is 0.450. The van der Waals surface area contributed by atoms with Crippen molar-refractivity contribution in [3.63, 3.8) is 0 Å². The number of Topliss-reactive ketones (excluding diaryl/α,β-unsaturated/α-hetero) is 1. The third-order valence-electron chi connectivity index (χ3n) is 6.56. The number of aromatic nitrogens is 1. The second-order valence-corrected chi connectivity index (χ2v) is 10.5. The SMILES string of the molecule is CC(=O)SC1CCN(C(C(=O)C2CC2)c2ccccc2F)CC1=Cc1cnc2ccccc2c1. The molecule has 2 aromatic carbocycles. The first-order valence-electron chi connectivity index (χ1n) is 11.7. The maximum atomic E-state index is 14.8. The van der Waals surface area contributed by atoms with Crippen LogP contribution in [0, 0.1) is 11.7 Å². The number of benzene rings is 2. The number of para-hydroxylation sites is 1. The fourth-order valence-corrected chi connectivity index (χ4v) is 5.69. The highest BCUT2D eigenvalue weighted by Gasteiger charge is 2.41. The Morgan fingerprint density at radius 1 is 1.12 bits per heavy atom. The van der Waals surface area contributed by atoms with Crippen molar-refractivity contribution < 1.29 is 14.0 Å². The molecular weight excluding hydrogens is 447 g/mol. The van der Waals surface area contributed by atoms with E-state index >= 15 is 0 Å². The number of piperidine rings is 1. The smallest absolute Gasteiger partial charge is 0.186 e. The minimum Gasteiger partial charge on any atom is -0.297 e. The lowest BCUT2D eigenvalue weighted by molar-refractivity contribution is -0.126. The second-order valence-electron chi connectivity index (χ2n) is 9.14. The summed E-state index contributed by atoms with van der Waals surface area (Å²) in [6.07, 6.45) is 6.41. The van der Waals surface area contributed by atoms with Crippen molar-refractivity contribution in [2.75, 3.05) is 13.1 Å². The first kappa shape index (κ1) is 22.9. The minimum atomic E-state index is -0.602. The zero-order valence-corrected chi connectivity index (χ0v) is 19.9. The van der Waals surface area contributed by atoms with E-state index in [1.54, 1.807) is 25.1 Å². The Morgan fingerprint density at radius 3 is 2.65 bits per heavy atom. The maximum absolute atomic E-state index is 14.8. The van der Waals surface area contributed by atoms with Crippen LogP contribution in [0.5, 0.6) is 0 Å². The molecule has 5 rings (SSSR count). The molecule has 2 unspecified atom stereocenters. The summed E-state index contributed by atoms with van der Waals surface area (Å²) in [5.74, 6) is -0.216. The van der Waals surface area contributed by atoms with Gasteiger partial charge in [-0.1, -0.05) is 54.2 Å². The monoisotopic (exact) mass is 474 g/mol. The van der Waals surface area contributed by atoms with Gasteiger partial charge in [-0.25, -0.2) is 4.39 Å². The molecule has 0 bridgehead atoms. The zero-order chi connectivity index (χ0) is 23.7. The van der Waals surface area contributed by atoms with E-state index in [9.17, 15) is 14.0 Å². The van der Waals surface area contributed by atoms with Crippen LogP contribution >= 0.6 is 11.8 Å². The molecular formula is C28H27FN2O2S. The van der Waals surface area contributed by atoms with Gasteiger partial charge in [0.25, 0.3) is 0 Å². The molecule has 1 aliphatic carbocycles. The van der Waals surface area contributed by atoms with Crippen LogP contribution in [0.25, 0.3) is 17.0 Å². The maximum Gasteiger partial charge on any atom is 0.186 e. The van der Waals surface area contributed by atoms with Gasteiger partial charge < -0.3 is 0 Å². The molecule has 34 heavy (non-hydrogen) atoms. The summed E-state index contributed by atoms with van der Waals surface area (Å²) in [6.45, 7) is 2.73. The molecule has 1 aliphatic heterocycles. The van der Waals surface area contributed by atoms with Crippen LogP contribution in [0.3, 0.4) is 0 Å². The van der Waals surface area contributed by atoms with Crippen molar-refractivity contribution in [3.8, 4) is 0 Å². The number of thioether (sulfide) groups is 1. The number of fused-ring (bicyclic) bond motifs is 1. The summed E-state index contributed by atoms with van der Waals surface area (Å²) in [7, 11) is 0. The summed E-state index contributed by atoms with van der Waals surface area (Å²) >= 11 is 1.33. The number of pyridine rings is 1. The van der Waals surface area contributed by atoms with Gasteiger partial charge in [-0.15, -0.1) is 0 Å². The van der Waals surface area contributed by atoms with E-state index in [-0.39, 0.29) is 27.9 Å². The number of ketones is 1. The minimum absolute atomic E-state index is 0.0195. The van der Waals surface area contributed by atoms with Crippen LogP contribution < -0.4 is 0 Å². The highest BCUT2D eigenvalue weighted by molar-refractivity contribution is 8.14. The van der Waals surface area contributed by atoms with Crippen LogP contribution in [-0.2, 0) is 9.59 Å². The van der Waals surface area contributed by atoms with Gasteiger partial charge in [-0.05, 0) is 48.6 Å². The summed E-state index contributed by atoms with van der Waals surface area (Å²) < 4.78 is 14.8. The normalized spacial score (nSPS) is 21.0. The van der Waals surface area contributed by atoms with Crippen molar-refractivity contribution in [1.82, 2.24) is 9.88 Å². The molecule has 0 amide bonds. The Morgan fingerprint density at radius 2 is 1.88 bits per heavy atom. The topological polar surface area (TPSA) is 50.3 Å². The second kappa shape index (κ2) is 9.80. The third kappa shape index (κ3) is 4.98. The molecule has 174 valence electrons. The van der Waals surface area contributed by atoms with Crippen molar-refractivity contribution in [3.05, 3.63) is 83.3 Å². The van der Waals surface area contributed by atoms with Gasteiger partial charge in [-0.3, -0.25) is 19.5 Å². The van der Waals surface area contributed by atoms with E-state index < -0.39 is 6.04 Å². The van der Waals surface area contributed by atoms with Gasteiger partial charge in [0.2, 0.25) is 0 Å². The number of nitrogens with zero attached hydrogens (tertiary/aromatic N) is 2. The first-order chi connectivity index (χ1) is 16.5. The van der Waals surface area contributed by atoms with E-state index in [1.807, 2.05) is 30.5 Å². The largest absolute Gasteiger partial charge is 0.297 e. The predicted molar refractivity (Wildman–Crippen MR) is 135 cm³/mol. The number of hydrogen-bond acceptors (Lipinski definition) is 5. The number of carbonyl (C=O) groups is 2. The molecule has 1 aromatic heterocycles. The van der Waals surface area contributed by atoms with Gasteiger partial charge in [0, 0.05) is 48.3 Å². The number of rotatable bonds is 6. The van der Waals surface area contributed by atoms with Crippen molar-refractivity contribution >= 4 is 39.6 Å². The van der Waals surface area contributed by atoms with E-state index in [2.05, 4.69) is 22.0 Å². The Kier molecular flexibility index (Phi) is 6.61. The predicted octanol–water partition coefficient (Wildman–Crippen LogP) is 5.83. The Balaban J connectivity index is 1.50. The van der Waals surface area contributed by atoms with Crippen LogP contribution in [0.1, 0.15) is 43.4 Å².